The first-order valence-electron chi connectivity index (χ1n) is 5.92. The molecule has 0 radical (unpaired) electrons. The van der Waals surface area contributed by atoms with Gasteiger partial charge in [0.05, 0.1) is 26.2 Å². The van der Waals surface area contributed by atoms with E-state index in [-0.39, 0.29) is 0 Å². The first-order valence-corrected chi connectivity index (χ1v) is 5.92. The van der Waals surface area contributed by atoms with Crippen LogP contribution in [0.15, 0.2) is 0 Å². The van der Waals surface area contributed by atoms with Crippen molar-refractivity contribution in [1.82, 2.24) is 10.2 Å². The lowest BCUT2D eigenvalue weighted by Crippen LogP contribution is -2.57. The van der Waals surface area contributed by atoms with Crippen LogP contribution in [0, 0.1) is 5.92 Å². The van der Waals surface area contributed by atoms with E-state index in [9.17, 15) is 0 Å². The average molecular weight is 198 g/mol. The fourth-order valence-electron chi connectivity index (χ4n) is 3.04. The van der Waals surface area contributed by atoms with Gasteiger partial charge in [-0.2, -0.15) is 0 Å². The summed E-state index contributed by atoms with van der Waals surface area (Å²) in [5, 5.41) is 3.32. The minimum absolute atomic E-state index is 0.934. The molecule has 14 heavy (non-hydrogen) atoms. The van der Waals surface area contributed by atoms with Crippen molar-refractivity contribution in [2.75, 3.05) is 59.9 Å². The van der Waals surface area contributed by atoms with Crippen LogP contribution in [0.3, 0.4) is 0 Å². The smallest absolute Gasteiger partial charge is 0.0916 e. The molecule has 2 heterocycles. The van der Waals surface area contributed by atoms with Crippen LogP contribution < -0.4 is 5.32 Å². The van der Waals surface area contributed by atoms with Crippen LogP contribution in [0.5, 0.6) is 0 Å². The summed E-state index contributed by atoms with van der Waals surface area (Å²) in [5.74, 6) is 0.934. The summed E-state index contributed by atoms with van der Waals surface area (Å²) in [5.41, 5.74) is 0. The normalized spacial score (nSPS) is 32.6. The number of hydrogen-bond donors (Lipinski definition) is 1. The molecule has 2 rings (SSSR count). The van der Waals surface area contributed by atoms with Gasteiger partial charge in [-0.05, 0) is 14.1 Å². The highest BCUT2D eigenvalue weighted by molar-refractivity contribution is 4.72. The van der Waals surface area contributed by atoms with Crippen LogP contribution in [-0.4, -0.2) is 69.3 Å². The van der Waals surface area contributed by atoms with Gasteiger partial charge >= 0.3 is 0 Å². The van der Waals surface area contributed by atoms with Crippen molar-refractivity contribution >= 4 is 0 Å². The molecular weight excluding hydrogens is 174 g/mol. The molecule has 2 saturated heterocycles. The predicted molar refractivity (Wildman–Crippen MR) is 59.3 cm³/mol. The van der Waals surface area contributed by atoms with Gasteiger partial charge in [-0.15, -0.1) is 0 Å². The number of hydrogen-bond acceptors (Lipinski definition) is 2. The summed E-state index contributed by atoms with van der Waals surface area (Å²) in [6.45, 7) is 9.44. The van der Waals surface area contributed by atoms with Crippen LogP contribution in [0.2, 0.25) is 0 Å². The number of quaternary nitrogens is 1. The molecule has 0 aromatic rings. The Morgan fingerprint density at radius 3 is 2.64 bits per heavy atom. The second-order valence-corrected chi connectivity index (χ2v) is 5.21. The predicted octanol–water partition coefficient (Wildman–Crippen LogP) is -0.0121. The zero-order valence-corrected chi connectivity index (χ0v) is 9.63. The lowest BCUT2D eigenvalue weighted by Gasteiger charge is -2.41. The zero-order valence-electron chi connectivity index (χ0n) is 9.63. The van der Waals surface area contributed by atoms with Crippen molar-refractivity contribution in [3.8, 4) is 0 Å². The van der Waals surface area contributed by atoms with Gasteiger partial charge in [0.25, 0.3) is 0 Å². The third-order valence-electron chi connectivity index (χ3n) is 4.06. The second kappa shape index (κ2) is 4.17. The molecule has 1 atom stereocenters. The lowest BCUT2D eigenvalue weighted by molar-refractivity contribution is -0.921. The van der Waals surface area contributed by atoms with E-state index in [2.05, 4.69) is 24.3 Å². The summed E-state index contributed by atoms with van der Waals surface area (Å²) in [6.07, 6.45) is 1.44. The van der Waals surface area contributed by atoms with Gasteiger partial charge in [-0.25, -0.2) is 0 Å². The van der Waals surface area contributed by atoms with E-state index in [1.54, 1.807) is 0 Å². The number of nitrogens with zero attached hydrogens (tertiary/aromatic N) is 2. The first kappa shape index (κ1) is 10.4. The lowest BCUT2D eigenvalue weighted by atomic mass is 10.1. The van der Waals surface area contributed by atoms with Crippen LogP contribution in [0.1, 0.15) is 6.42 Å². The molecule has 0 bridgehead atoms. The summed E-state index contributed by atoms with van der Waals surface area (Å²) < 4.78 is 1.41. The van der Waals surface area contributed by atoms with Crippen molar-refractivity contribution in [3.05, 3.63) is 0 Å². The molecule has 1 spiro atoms. The summed E-state index contributed by atoms with van der Waals surface area (Å²) in [4.78, 5) is 2.47. The fourth-order valence-corrected chi connectivity index (χ4v) is 3.04. The Hall–Kier alpha value is -0.120. The number of piperazine rings is 1. The highest BCUT2D eigenvalue weighted by Crippen LogP contribution is 2.25. The molecule has 2 aliphatic heterocycles. The highest BCUT2D eigenvalue weighted by Gasteiger charge is 2.39. The van der Waals surface area contributed by atoms with E-state index in [1.165, 1.54) is 56.7 Å². The molecule has 3 nitrogen and oxygen atoms in total. The molecule has 0 aliphatic carbocycles. The second-order valence-electron chi connectivity index (χ2n) is 5.21. The monoisotopic (exact) mass is 198 g/mol. The largest absolute Gasteiger partial charge is 0.321 e. The average Bonchev–Trinajstić information content (AvgIpc) is 2.56. The van der Waals surface area contributed by atoms with Crippen LogP contribution in [0.4, 0.5) is 0 Å². The van der Waals surface area contributed by atoms with E-state index < -0.39 is 0 Å². The molecule has 2 fully saturated rings. The van der Waals surface area contributed by atoms with E-state index in [0.29, 0.717) is 0 Å². The van der Waals surface area contributed by atoms with Crippen LogP contribution in [0.25, 0.3) is 0 Å². The molecule has 0 aromatic carbocycles. The Morgan fingerprint density at radius 1 is 1.29 bits per heavy atom. The van der Waals surface area contributed by atoms with Gasteiger partial charge in [0.1, 0.15) is 0 Å². The minimum atomic E-state index is 0.934. The number of likely N-dealkylation sites (N-methyl/N-ethyl adjacent to an activating group) is 1. The molecular formula is C11H24N3+. The number of nitrogens with one attached hydrogen (secondary N) is 1. The quantitative estimate of drug-likeness (QED) is 0.628. The molecule has 0 amide bonds. The molecule has 1 N–H and O–H groups in total. The van der Waals surface area contributed by atoms with E-state index in [4.69, 9.17) is 0 Å². The molecule has 0 aromatic heterocycles. The maximum Gasteiger partial charge on any atom is 0.0916 e. The SMILES string of the molecule is CNCC1CC[N+]2(CCN(C)CC2)C1. The van der Waals surface area contributed by atoms with Gasteiger partial charge < -0.3 is 9.80 Å². The van der Waals surface area contributed by atoms with Gasteiger partial charge in [-0.1, -0.05) is 0 Å². The molecule has 2 aliphatic rings. The molecule has 1 unspecified atom stereocenters. The van der Waals surface area contributed by atoms with Gasteiger partial charge in [0.15, 0.2) is 0 Å². The number of rotatable bonds is 2. The van der Waals surface area contributed by atoms with E-state index in [0.717, 1.165) is 5.92 Å². The van der Waals surface area contributed by atoms with Crippen LogP contribution in [-0.2, 0) is 0 Å². The first-order chi connectivity index (χ1) is 6.74. The topological polar surface area (TPSA) is 15.3 Å². The van der Waals surface area contributed by atoms with Crippen molar-refractivity contribution in [3.63, 3.8) is 0 Å². The minimum Gasteiger partial charge on any atom is -0.321 e. The maximum absolute atomic E-state index is 3.32. The Bertz CT molecular complexity index is 185. The molecule has 82 valence electrons. The fraction of sp³-hybridized carbons (Fsp3) is 1.00. The Kier molecular flexibility index (Phi) is 3.10. The van der Waals surface area contributed by atoms with Crippen molar-refractivity contribution < 1.29 is 4.48 Å². The van der Waals surface area contributed by atoms with Crippen molar-refractivity contribution in [2.45, 2.75) is 6.42 Å². The van der Waals surface area contributed by atoms with Gasteiger partial charge in [0.2, 0.25) is 0 Å². The summed E-state index contributed by atoms with van der Waals surface area (Å²) >= 11 is 0. The molecule has 3 heteroatoms. The third-order valence-corrected chi connectivity index (χ3v) is 4.06. The maximum atomic E-state index is 3.32. The Balaban J connectivity index is 1.86. The standard InChI is InChI=1S/C11H24N3/c1-12-9-11-3-6-14(10-11)7-4-13(2)5-8-14/h11-12H,3-10H2,1-2H3/q+1. The van der Waals surface area contributed by atoms with E-state index in [1.807, 2.05) is 0 Å². The Morgan fingerprint density at radius 2 is 2.00 bits per heavy atom. The summed E-state index contributed by atoms with van der Waals surface area (Å²) in [6, 6.07) is 0. The Labute approximate surface area is 87.7 Å². The van der Waals surface area contributed by atoms with Gasteiger partial charge in [-0.3, -0.25) is 4.90 Å². The summed E-state index contributed by atoms with van der Waals surface area (Å²) in [7, 11) is 4.32. The van der Waals surface area contributed by atoms with Gasteiger partial charge in [0, 0.05) is 32.0 Å². The third kappa shape index (κ3) is 2.10. The van der Waals surface area contributed by atoms with E-state index >= 15 is 0 Å². The van der Waals surface area contributed by atoms with Crippen LogP contribution >= 0.6 is 0 Å². The van der Waals surface area contributed by atoms with Crippen molar-refractivity contribution in [1.29, 1.82) is 0 Å². The molecule has 0 saturated carbocycles. The zero-order chi connectivity index (χ0) is 10.0. The van der Waals surface area contributed by atoms with Crippen molar-refractivity contribution in [2.24, 2.45) is 5.92 Å². The highest BCUT2D eigenvalue weighted by atomic mass is 15.4.